The first kappa shape index (κ1) is 22.8. The van der Waals surface area contributed by atoms with Crippen molar-refractivity contribution in [3.05, 3.63) is 66.2 Å². The van der Waals surface area contributed by atoms with Crippen molar-refractivity contribution in [1.29, 1.82) is 0 Å². The second kappa shape index (κ2) is 9.44. The highest BCUT2D eigenvalue weighted by atomic mass is 16.5. The standard InChI is InChI=1S/C28H30N6O2/c1-19-3-2-4-24(33-19)26-25(31-18-32-26)20-5-6-23-21(13-20)14-22(15-30-23)27(35)36-12-11-34-10-8-28(17-34)7-9-29-16-28/h2-6,13-15,18,29H,7-12,16-17H2,1H3,(H,31,32). The van der Waals surface area contributed by atoms with Gasteiger partial charge in [-0.3, -0.25) is 14.9 Å². The van der Waals surface area contributed by atoms with Gasteiger partial charge in [-0.1, -0.05) is 12.1 Å². The van der Waals surface area contributed by atoms with Crippen LogP contribution in [0.5, 0.6) is 0 Å². The molecule has 184 valence electrons. The number of benzene rings is 1. The number of carbonyl (C=O) groups is 1. The van der Waals surface area contributed by atoms with Crippen LogP contribution < -0.4 is 5.32 Å². The summed E-state index contributed by atoms with van der Waals surface area (Å²) in [6.45, 7) is 7.52. The van der Waals surface area contributed by atoms with E-state index in [0.29, 0.717) is 17.6 Å². The van der Waals surface area contributed by atoms with Crippen LogP contribution in [0.3, 0.4) is 0 Å². The largest absolute Gasteiger partial charge is 0.461 e. The van der Waals surface area contributed by atoms with E-state index in [1.165, 1.54) is 12.8 Å². The number of esters is 1. The number of imidazole rings is 1. The Kier molecular flexibility index (Phi) is 5.99. The third kappa shape index (κ3) is 4.50. The second-order valence-electron chi connectivity index (χ2n) is 10.0. The topological polar surface area (TPSA) is 96.0 Å². The molecule has 4 aromatic rings. The highest BCUT2D eigenvalue weighted by Gasteiger charge is 2.39. The fourth-order valence-corrected chi connectivity index (χ4v) is 5.49. The van der Waals surface area contributed by atoms with Crippen molar-refractivity contribution in [2.24, 2.45) is 5.41 Å². The lowest BCUT2D eigenvalue weighted by molar-refractivity contribution is 0.0468. The first-order valence-electron chi connectivity index (χ1n) is 12.6. The Bertz CT molecular complexity index is 1410. The van der Waals surface area contributed by atoms with Gasteiger partial charge in [-0.15, -0.1) is 0 Å². The molecule has 0 amide bonds. The molecule has 0 bridgehead atoms. The van der Waals surface area contributed by atoms with Crippen molar-refractivity contribution in [1.82, 2.24) is 30.2 Å². The number of rotatable bonds is 6. The molecule has 1 aromatic carbocycles. The van der Waals surface area contributed by atoms with Gasteiger partial charge in [0, 0.05) is 42.5 Å². The lowest BCUT2D eigenvalue weighted by atomic mass is 9.87. The molecular weight excluding hydrogens is 452 g/mol. The number of nitrogens with one attached hydrogen (secondary N) is 2. The Balaban J connectivity index is 1.16. The van der Waals surface area contributed by atoms with E-state index in [1.54, 1.807) is 12.5 Å². The number of pyridine rings is 2. The van der Waals surface area contributed by atoms with E-state index in [1.807, 2.05) is 49.4 Å². The molecule has 2 fully saturated rings. The number of aryl methyl sites for hydroxylation is 1. The summed E-state index contributed by atoms with van der Waals surface area (Å²) in [5.74, 6) is -0.337. The molecule has 3 aromatic heterocycles. The number of hydrogen-bond donors (Lipinski definition) is 2. The maximum Gasteiger partial charge on any atom is 0.339 e. The maximum atomic E-state index is 12.8. The van der Waals surface area contributed by atoms with E-state index in [9.17, 15) is 4.79 Å². The molecule has 0 radical (unpaired) electrons. The Labute approximate surface area is 210 Å². The van der Waals surface area contributed by atoms with Gasteiger partial charge in [0.05, 0.1) is 34.5 Å². The molecule has 2 aliphatic heterocycles. The predicted octanol–water partition coefficient (Wildman–Crippen LogP) is 3.84. The number of likely N-dealkylation sites (tertiary alicyclic amines) is 1. The van der Waals surface area contributed by atoms with E-state index in [4.69, 9.17) is 4.74 Å². The molecule has 8 nitrogen and oxygen atoms in total. The summed E-state index contributed by atoms with van der Waals surface area (Å²) in [6, 6.07) is 13.7. The number of ether oxygens (including phenoxy) is 1. The van der Waals surface area contributed by atoms with Crippen LogP contribution >= 0.6 is 0 Å². The molecule has 1 spiro atoms. The number of fused-ring (bicyclic) bond motifs is 1. The number of nitrogens with zero attached hydrogens (tertiary/aromatic N) is 4. The smallest absolute Gasteiger partial charge is 0.339 e. The molecule has 0 aliphatic carbocycles. The first-order valence-corrected chi connectivity index (χ1v) is 12.6. The molecule has 8 heteroatoms. The number of hydrogen-bond acceptors (Lipinski definition) is 7. The second-order valence-corrected chi connectivity index (χ2v) is 10.0. The highest BCUT2D eigenvalue weighted by molar-refractivity contribution is 5.95. The SMILES string of the molecule is Cc1cccc(-c2[nH]cnc2-c2ccc3ncc(C(=O)OCCN4CCC5(CCNC5)C4)cc3c2)n1. The highest BCUT2D eigenvalue weighted by Crippen LogP contribution is 2.35. The van der Waals surface area contributed by atoms with E-state index >= 15 is 0 Å². The van der Waals surface area contributed by atoms with Crippen molar-refractivity contribution in [3.63, 3.8) is 0 Å². The molecule has 36 heavy (non-hydrogen) atoms. The van der Waals surface area contributed by atoms with Crippen LogP contribution in [0.2, 0.25) is 0 Å². The van der Waals surface area contributed by atoms with Crippen LogP contribution in [-0.2, 0) is 4.74 Å². The Morgan fingerprint density at radius 3 is 2.97 bits per heavy atom. The quantitative estimate of drug-likeness (QED) is 0.403. The predicted molar refractivity (Wildman–Crippen MR) is 139 cm³/mol. The summed E-state index contributed by atoms with van der Waals surface area (Å²) in [4.78, 5) is 32.1. The number of H-pyrrole nitrogens is 1. The number of aromatic nitrogens is 4. The minimum absolute atomic E-state index is 0.337. The molecule has 5 heterocycles. The molecule has 1 atom stereocenters. The zero-order valence-corrected chi connectivity index (χ0v) is 20.5. The number of aromatic amines is 1. The van der Waals surface area contributed by atoms with Crippen molar-refractivity contribution < 1.29 is 9.53 Å². The summed E-state index contributed by atoms with van der Waals surface area (Å²) in [5.41, 5.74) is 6.08. The van der Waals surface area contributed by atoms with Crippen LogP contribution in [0.15, 0.2) is 55.0 Å². The van der Waals surface area contributed by atoms with Crippen molar-refractivity contribution in [2.45, 2.75) is 19.8 Å². The van der Waals surface area contributed by atoms with Crippen LogP contribution in [0.4, 0.5) is 0 Å². The van der Waals surface area contributed by atoms with E-state index < -0.39 is 0 Å². The van der Waals surface area contributed by atoms with Crippen molar-refractivity contribution in [3.8, 4) is 22.6 Å². The zero-order chi connectivity index (χ0) is 24.5. The van der Waals surface area contributed by atoms with Gasteiger partial charge in [-0.05, 0) is 68.6 Å². The molecule has 2 aliphatic rings. The Morgan fingerprint density at radius 2 is 2.11 bits per heavy atom. The summed E-state index contributed by atoms with van der Waals surface area (Å²) in [5, 5.41) is 4.35. The lowest BCUT2D eigenvalue weighted by Crippen LogP contribution is -2.31. The fraction of sp³-hybridized carbons (Fsp3) is 0.357. The lowest BCUT2D eigenvalue weighted by Gasteiger charge is -2.22. The number of carbonyl (C=O) groups excluding carboxylic acids is 1. The fourth-order valence-electron chi connectivity index (χ4n) is 5.49. The van der Waals surface area contributed by atoms with Gasteiger partial charge < -0.3 is 15.0 Å². The van der Waals surface area contributed by atoms with Gasteiger partial charge in [0.25, 0.3) is 0 Å². The molecule has 2 saturated heterocycles. The van der Waals surface area contributed by atoms with Crippen LogP contribution in [0.25, 0.3) is 33.5 Å². The van der Waals surface area contributed by atoms with Gasteiger partial charge in [0.2, 0.25) is 0 Å². The molecule has 6 rings (SSSR count). The third-order valence-electron chi connectivity index (χ3n) is 7.46. The molecule has 2 N–H and O–H groups in total. The van der Waals surface area contributed by atoms with Crippen molar-refractivity contribution >= 4 is 16.9 Å². The molecule has 0 saturated carbocycles. The summed E-state index contributed by atoms with van der Waals surface area (Å²) >= 11 is 0. The first-order chi connectivity index (χ1) is 17.6. The average Bonchev–Trinajstić information content (AvgIpc) is 3.65. The molecule has 1 unspecified atom stereocenters. The van der Waals surface area contributed by atoms with Crippen LogP contribution in [0, 0.1) is 12.3 Å². The summed E-state index contributed by atoms with van der Waals surface area (Å²) < 4.78 is 5.62. The average molecular weight is 483 g/mol. The van der Waals surface area contributed by atoms with Gasteiger partial charge >= 0.3 is 5.97 Å². The van der Waals surface area contributed by atoms with Gasteiger partial charge in [0.15, 0.2) is 0 Å². The van der Waals surface area contributed by atoms with E-state index in [-0.39, 0.29) is 5.97 Å². The van der Waals surface area contributed by atoms with Crippen LogP contribution in [-0.4, -0.2) is 70.1 Å². The Hall–Kier alpha value is -3.62. The molecular formula is C28H30N6O2. The monoisotopic (exact) mass is 482 g/mol. The zero-order valence-electron chi connectivity index (χ0n) is 20.5. The van der Waals surface area contributed by atoms with Gasteiger partial charge in [0.1, 0.15) is 6.61 Å². The normalized spacial score (nSPS) is 19.9. The van der Waals surface area contributed by atoms with Gasteiger partial charge in [-0.25, -0.2) is 9.78 Å². The summed E-state index contributed by atoms with van der Waals surface area (Å²) in [7, 11) is 0. The minimum Gasteiger partial charge on any atom is -0.461 e. The third-order valence-corrected chi connectivity index (χ3v) is 7.46. The van der Waals surface area contributed by atoms with E-state index in [2.05, 4.69) is 30.2 Å². The van der Waals surface area contributed by atoms with Crippen molar-refractivity contribution in [2.75, 3.05) is 39.3 Å². The maximum absolute atomic E-state index is 12.8. The van der Waals surface area contributed by atoms with Gasteiger partial charge in [-0.2, -0.15) is 0 Å². The van der Waals surface area contributed by atoms with Crippen LogP contribution in [0.1, 0.15) is 28.9 Å². The Morgan fingerprint density at radius 1 is 1.17 bits per heavy atom. The summed E-state index contributed by atoms with van der Waals surface area (Å²) in [6.07, 6.45) is 5.74. The minimum atomic E-state index is -0.337. The van der Waals surface area contributed by atoms with E-state index in [0.717, 1.165) is 72.0 Å².